The van der Waals surface area contributed by atoms with Gasteiger partial charge in [-0.1, -0.05) is 24.4 Å². The highest BCUT2D eigenvalue weighted by Gasteiger charge is 2.21. The standard InChI is InChI=1S/C17H24ClFN2O4S/c1-26(23,24)21(13-7-8-16(19)15(18)11-13)12-17(22)20-9-4-10-25-14-5-2-3-6-14/h7-8,11,14H,2-6,9-10,12H2,1H3,(H,20,22). The number of ether oxygens (including phenoxy) is 1. The third-order valence-electron chi connectivity index (χ3n) is 4.18. The Bertz CT molecular complexity index is 723. The minimum atomic E-state index is -3.72. The molecular weight excluding hydrogens is 383 g/mol. The largest absolute Gasteiger partial charge is 0.378 e. The van der Waals surface area contributed by atoms with Gasteiger partial charge < -0.3 is 10.1 Å². The Kier molecular flexibility index (Phi) is 7.67. The van der Waals surface area contributed by atoms with Crippen LogP contribution >= 0.6 is 11.6 Å². The van der Waals surface area contributed by atoms with Crippen LogP contribution in [0.15, 0.2) is 18.2 Å². The molecule has 1 aromatic carbocycles. The predicted octanol–water partition coefficient (Wildman–Crippen LogP) is 2.71. The highest BCUT2D eigenvalue weighted by molar-refractivity contribution is 7.92. The van der Waals surface area contributed by atoms with Gasteiger partial charge in [-0.2, -0.15) is 0 Å². The van der Waals surface area contributed by atoms with E-state index in [-0.39, 0.29) is 10.7 Å². The third-order valence-corrected chi connectivity index (χ3v) is 5.61. The van der Waals surface area contributed by atoms with Gasteiger partial charge in [0, 0.05) is 13.2 Å². The molecule has 26 heavy (non-hydrogen) atoms. The second kappa shape index (κ2) is 9.53. The third kappa shape index (κ3) is 6.41. The molecule has 1 fully saturated rings. The molecule has 1 aromatic rings. The zero-order valence-electron chi connectivity index (χ0n) is 14.7. The van der Waals surface area contributed by atoms with E-state index in [4.69, 9.17) is 16.3 Å². The number of carbonyl (C=O) groups is 1. The Morgan fingerprint density at radius 1 is 1.38 bits per heavy atom. The van der Waals surface area contributed by atoms with Crippen LogP contribution in [0.5, 0.6) is 0 Å². The highest BCUT2D eigenvalue weighted by Crippen LogP contribution is 2.24. The summed E-state index contributed by atoms with van der Waals surface area (Å²) in [4.78, 5) is 12.1. The monoisotopic (exact) mass is 406 g/mol. The second-order valence-electron chi connectivity index (χ2n) is 6.35. The van der Waals surface area contributed by atoms with E-state index >= 15 is 0 Å². The van der Waals surface area contributed by atoms with Crippen molar-refractivity contribution in [3.8, 4) is 0 Å². The number of rotatable bonds is 9. The van der Waals surface area contributed by atoms with Crippen LogP contribution in [0.4, 0.5) is 10.1 Å². The van der Waals surface area contributed by atoms with Crippen LogP contribution < -0.4 is 9.62 Å². The van der Waals surface area contributed by atoms with Crippen LogP contribution in [-0.2, 0) is 19.6 Å². The number of carbonyl (C=O) groups excluding carboxylic acids is 1. The first-order valence-corrected chi connectivity index (χ1v) is 10.8. The second-order valence-corrected chi connectivity index (χ2v) is 8.66. The average molecular weight is 407 g/mol. The van der Waals surface area contributed by atoms with E-state index in [0.29, 0.717) is 25.7 Å². The van der Waals surface area contributed by atoms with E-state index in [2.05, 4.69) is 5.32 Å². The van der Waals surface area contributed by atoms with Crippen molar-refractivity contribution in [2.75, 3.05) is 30.3 Å². The lowest BCUT2D eigenvalue weighted by molar-refractivity contribution is -0.119. The minimum Gasteiger partial charge on any atom is -0.378 e. The van der Waals surface area contributed by atoms with Crippen LogP contribution in [0.25, 0.3) is 0 Å². The normalized spacial score (nSPS) is 15.2. The van der Waals surface area contributed by atoms with E-state index in [1.165, 1.54) is 25.0 Å². The summed E-state index contributed by atoms with van der Waals surface area (Å²) in [7, 11) is -3.72. The molecule has 0 atom stereocenters. The van der Waals surface area contributed by atoms with Crippen LogP contribution in [0.3, 0.4) is 0 Å². The fraction of sp³-hybridized carbons (Fsp3) is 0.588. The quantitative estimate of drug-likeness (QED) is 0.640. The molecule has 1 N–H and O–H groups in total. The van der Waals surface area contributed by atoms with Gasteiger partial charge in [0.15, 0.2) is 0 Å². The summed E-state index contributed by atoms with van der Waals surface area (Å²) in [6.07, 6.45) is 6.56. The first-order valence-electron chi connectivity index (χ1n) is 8.58. The topological polar surface area (TPSA) is 75.7 Å². The zero-order valence-corrected chi connectivity index (χ0v) is 16.3. The molecule has 0 heterocycles. The number of nitrogens with zero attached hydrogens (tertiary/aromatic N) is 1. The summed E-state index contributed by atoms with van der Waals surface area (Å²) in [5.41, 5.74) is 0.138. The molecule has 1 amide bonds. The maximum absolute atomic E-state index is 13.3. The Balaban J connectivity index is 1.83. The lowest BCUT2D eigenvalue weighted by Gasteiger charge is -2.22. The summed E-state index contributed by atoms with van der Waals surface area (Å²) >= 11 is 5.71. The fourth-order valence-electron chi connectivity index (χ4n) is 2.83. The Morgan fingerprint density at radius 2 is 2.08 bits per heavy atom. The number of benzene rings is 1. The predicted molar refractivity (Wildman–Crippen MR) is 99.4 cm³/mol. The molecular formula is C17H24ClFN2O4S. The lowest BCUT2D eigenvalue weighted by Crippen LogP contribution is -2.40. The van der Waals surface area contributed by atoms with Crippen LogP contribution in [0.2, 0.25) is 5.02 Å². The molecule has 1 aliphatic rings. The molecule has 0 spiro atoms. The number of halogens is 2. The van der Waals surface area contributed by atoms with Gasteiger partial charge >= 0.3 is 0 Å². The molecule has 0 aliphatic heterocycles. The summed E-state index contributed by atoms with van der Waals surface area (Å²) in [5, 5.41) is 2.47. The molecule has 146 valence electrons. The molecule has 0 unspecified atom stereocenters. The summed E-state index contributed by atoms with van der Waals surface area (Å²) < 4.78 is 43.8. The number of nitrogens with one attached hydrogen (secondary N) is 1. The molecule has 0 aromatic heterocycles. The molecule has 1 aliphatic carbocycles. The van der Waals surface area contributed by atoms with Crippen molar-refractivity contribution in [2.24, 2.45) is 0 Å². The van der Waals surface area contributed by atoms with Gasteiger partial charge in [-0.25, -0.2) is 12.8 Å². The SMILES string of the molecule is CS(=O)(=O)N(CC(=O)NCCCOC1CCCC1)c1ccc(F)c(Cl)c1. The van der Waals surface area contributed by atoms with E-state index in [1.54, 1.807) is 0 Å². The summed E-state index contributed by atoms with van der Waals surface area (Å²) in [6.45, 7) is 0.561. The Labute approximate surface area is 158 Å². The maximum Gasteiger partial charge on any atom is 0.240 e. The Hall–Kier alpha value is -1.38. The van der Waals surface area contributed by atoms with Crippen molar-refractivity contribution in [1.29, 1.82) is 0 Å². The summed E-state index contributed by atoms with van der Waals surface area (Å²) in [5.74, 6) is -1.10. The van der Waals surface area contributed by atoms with Gasteiger partial charge in [0.05, 0.1) is 23.1 Å². The van der Waals surface area contributed by atoms with Crippen molar-refractivity contribution < 1.29 is 22.3 Å². The number of sulfonamides is 1. The molecule has 1 saturated carbocycles. The van der Waals surface area contributed by atoms with Gasteiger partial charge in [-0.3, -0.25) is 9.10 Å². The van der Waals surface area contributed by atoms with Crippen LogP contribution in [-0.4, -0.2) is 46.4 Å². The molecule has 0 saturated heterocycles. The molecule has 9 heteroatoms. The van der Waals surface area contributed by atoms with Crippen molar-refractivity contribution in [2.45, 2.75) is 38.2 Å². The van der Waals surface area contributed by atoms with Crippen molar-refractivity contribution in [1.82, 2.24) is 5.32 Å². The molecule has 6 nitrogen and oxygen atoms in total. The van der Waals surface area contributed by atoms with Crippen molar-refractivity contribution >= 4 is 33.2 Å². The van der Waals surface area contributed by atoms with Gasteiger partial charge in [0.2, 0.25) is 15.9 Å². The number of amides is 1. The average Bonchev–Trinajstić information content (AvgIpc) is 3.07. The number of hydrogen-bond donors (Lipinski definition) is 1. The van der Waals surface area contributed by atoms with E-state index < -0.39 is 28.3 Å². The smallest absolute Gasteiger partial charge is 0.240 e. The lowest BCUT2D eigenvalue weighted by atomic mass is 10.3. The first-order chi connectivity index (χ1) is 12.3. The van der Waals surface area contributed by atoms with Gasteiger partial charge in [0.1, 0.15) is 12.4 Å². The van der Waals surface area contributed by atoms with E-state index in [9.17, 15) is 17.6 Å². The van der Waals surface area contributed by atoms with Crippen molar-refractivity contribution in [3.05, 3.63) is 29.0 Å². The van der Waals surface area contributed by atoms with E-state index in [0.717, 1.165) is 29.5 Å². The maximum atomic E-state index is 13.3. The van der Waals surface area contributed by atoms with Gasteiger partial charge in [0.25, 0.3) is 0 Å². The number of anilines is 1. The van der Waals surface area contributed by atoms with Crippen LogP contribution in [0, 0.1) is 5.82 Å². The van der Waals surface area contributed by atoms with Crippen LogP contribution in [0.1, 0.15) is 32.1 Å². The fourth-order valence-corrected chi connectivity index (χ4v) is 3.85. The molecule has 2 rings (SSSR count). The highest BCUT2D eigenvalue weighted by atomic mass is 35.5. The van der Waals surface area contributed by atoms with Gasteiger partial charge in [-0.05, 0) is 37.5 Å². The van der Waals surface area contributed by atoms with Crippen molar-refractivity contribution in [3.63, 3.8) is 0 Å². The van der Waals surface area contributed by atoms with Gasteiger partial charge in [-0.15, -0.1) is 0 Å². The van der Waals surface area contributed by atoms with E-state index in [1.807, 2.05) is 0 Å². The summed E-state index contributed by atoms with van der Waals surface area (Å²) in [6, 6.07) is 3.51. The Morgan fingerprint density at radius 3 is 2.69 bits per heavy atom. The first kappa shape index (κ1) is 20.9. The molecule has 0 radical (unpaired) electrons. The number of hydrogen-bond acceptors (Lipinski definition) is 4. The minimum absolute atomic E-state index is 0.138. The molecule has 0 bridgehead atoms. The zero-order chi connectivity index (χ0) is 19.2.